The van der Waals surface area contributed by atoms with Crippen molar-refractivity contribution < 1.29 is 4.39 Å². The molecule has 0 N–H and O–H groups in total. The minimum absolute atomic E-state index is 0.118. The fourth-order valence-electron chi connectivity index (χ4n) is 2.09. The molecule has 0 amide bonds. The van der Waals surface area contributed by atoms with Gasteiger partial charge in [0.25, 0.3) is 0 Å². The van der Waals surface area contributed by atoms with Gasteiger partial charge in [-0.25, -0.2) is 4.39 Å². The Morgan fingerprint density at radius 2 is 2.00 bits per heavy atom. The molecule has 0 saturated carbocycles. The number of benzene rings is 1. The van der Waals surface area contributed by atoms with Crippen LogP contribution in [0.25, 0.3) is 10.9 Å². The number of hydrogen-bond donors (Lipinski definition) is 0. The lowest BCUT2D eigenvalue weighted by atomic mass is 10.1. The van der Waals surface area contributed by atoms with E-state index in [1.54, 1.807) is 12.1 Å². The van der Waals surface area contributed by atoms with Crippen molar-refractivity contribution >= 4 is 26.8 Å². The molecular weight excluding hydrogens is 285 g/mol. The second-order valence-electron chi connectivity index (χ2n) is 3.88. The molecule has 17 heavy (non-hydrogen) atoms. The number of fused-ring (bicyclic) bond motifs is 1. The second kappa shape index (κ2) is 4.61. The van der Waals surface area contributed by atoms with Crippen molar-refractivity contribution in [2.24, 2.45) is 0 Å². The van der Waals surface area contributed by atoms with Gasteiger partial charge in [-0.1, -0.05) is 6.92 Å². The van der Waals surface area contributed by atoms with Crippen LogP contribution in [0.15, 0.2) is 27.5 Å². The number of halogens is 2. The van der Waals surface area contributed by atoms with Crippen LogP contribution in [0.3, 0.4) is 0 Å². The Morgan fingerprint density at radius 3 is 2.59 bits per heavy atom. The average molecular weight is 298 g/mol. The van der Waals surface area contributed by atoms with Crippen LogP contribution < -0.4 is 5.43 Å². The molecule has 1 aromatic heterocycles. The maximum Gasteiger partial charge on any atom is 0.189 e. The Hall–Kier alpha value is -1.16. The quantitative estimate of drug-likeness (QED) is 0.832. The second-order valence-corrected chi connectivity index (χ2v) is 4.74. The van der Waals surface area contributed by atoms with E-state index in [2.05, 4.69) is 15.9 Å². The number of nitrogens with zero attached hydrogens (tertiary/aromatic N) is 1. The maximum absolute atomic E-state index is 13.5. The van der Waals surface area contributed by atoms with Gasteiger partial charge in [0.15, 0.2) is 5.43 Å². The van der Waals surface area contributed by atoms with E-state index < -0.39 is 5.82 Å². The summed E-state index contributed by atoms with van der Waals surface area (Å²) >= 11 is 3.16. The normalized spacial score (nSPS) is 11.1. The molecule has 1 heterocycles. The van der Waals surface area contributed by atoms with E-state index >= 15 is 0 Å². The van der Waals surface area contributed by atoms with Crippen molar-refractivity contribution in [1.29, 1.82) is 0 Å². The highest BCUT2D eigenvalue weighted by Gasteiger charge is 2.10. The van der Waals surface area contributed by atoms with Gasteiger partial charge in [-0.15, -0.1) is 0 Å². The Kier molecular flexibility index (Phi) is 3.33. The van der Waals surface area contributed by atoms with Gasteiger partial charge in [-0.3, -0.25) is 4.79 Å². The molecule has 0 aliphatic rings. The molecule has 0 aliphatic heterocycles. The van der Waals surface area contributed by atoms with E-state index in [1.165, 1.54) is 6.07 Å². The topological polar surface area (TPSA) is 22.0 Å². The van der Waals surface area contributed by atoms with E-state index in [0.29, 0.717) is 9.86 Å². The van der Waals surface area contributed by atoms with Crippen LogP contribution >= 0.6 is 15.9 Å². The highest BCUT2D eigenvalue weighted by molar-refractivity contribution is 9.10. The molecule has 4 heteroatoms. The molecule has 0 spiro atoms. The Morgan fingerprint density at radius 1 is 1.29 bits per heavy atom. The van der Waals surface area contributed by atoms with E-state index in [-0.39, 0.29) is 5.43 Å². The summed E-state index contributed by atoms with van der Waals surface area (Å²) in [7, 11) is 0. The predicted octanol–water partition coefficient (Wildman–Crippen LogP) is 3.49. The summed E-state index contributed by atoms with van der Waals surface area (Å²) in [5.74, 6) is -0.401. The molecule has 2 nitrogen and oxygen atoms in total. The zero-order chi connectivity index (χ0) is 12.6. The average Bonchev–Trinajstić information content (AvgIpc) is 2.31. The van der Waals surface area contributed by atoms with Crippen molar-refractivity contribution in [2.45, 2.75) is 26.8 Å². The van der Waals surface area contributed by atoms with E-state index in [4.69, 9.17) is 0 Å². The standard InChI is InChI=1S/C13H13BrFNO/c1-3-8-5-13(17)9-6-11(15)10(14)7-12(9)16(8)4-2/h5-7H,3-4H2,1-2H3. The van der Waals surface area contributed by atoms with Crippen LogP contribution in [0.4, 0.5) is 4.39 Å². The Balaban J connectivity index is 2.96. The summed E-state index contributed by atoms with van der Waals surface area (Å²) in [5, 5.41) is 0.435. The molecule has 2 rings (SSSR count). The van der Waals surface area contributed by atoms with Crippen LogP contribution in [0.1, 0.15) is 19.5 Å². The zero-order valence-electron chi connectivity index (χ0n) is 9.76. The van der Waals surface area contributed by atoms with Gasteiger partial charge in [0.2, 0.25) is 0 Å². The summed E-state index contributed by atoms with van der Waals surface area (Å²) in [6, 6.07) is 4.57. The smallest absolute Gasteiger partial charge is 0.189 e. The Bertz CT molecular complexity index is 633. The van der Waals surface area contributed by atoms with Crippen LogP contribution in [0.5, 0.6) is 0 Å². The third-order valence-electron chi connectivity index (χ3n) is 2.92. The highest BCUT2D eigenvalue weighted by Crippen LogP contribution is 2.22. The molecule has 0 atom stereocenters. The molecule has 90 valence electrons. The van der Waals surface area contributed by atoms with Crippen molar-refractivity contribution in [3.8, 4) is 0 Å². The molecule has 1 aromatic carbocycles. The monoisotopic (exact) mass is 297 g/mol. The van der Waals surface area contributed by atoms with Crippen LogP contribution in [0, 0.1) is 5.82 Å². The molecule has 2 aromatic rings. The number of aryl methyl sites for hydroxylation is 2. The molecule has 0 saturated heterocycles. The minimum atomic E-state index is -0.401. The predicted molar refractivity (Wildman–Crippen MR) is 70.9 cm³/mol. The van der Waals surface area contributed by atoms with Gasteiger partial charge in [-0.2, -0.15) is 0 Å². The van der Waals surface area contributed by atoms with Crippen LogP contribution in [0.2, 0.25) is 0 Å². The molecule has 0 fully saturated rings. The SMILES string of the molecule is CCc1cc(=O)c2cc(F)c(Br)cc2n1CC. The van der Waals surface area contributed by atoms with Crippen LogP contribution in [-0.4, -0.2) is 4.57 Å². The Labute approximate surface area is 107 Å². The van der Waals surface area contributed by atoms with E-state index in [1.807, 2.05) is 18.4 Å². The zero-order valence-corrected chi connectivity index (χ0v) is 11.3. The third-order valence-corrected chi connectivity index (χ3v) is 3.53. The van der Waals surface area contributed by atoms with Crippen molar-refractivity contribution in [2.75, 3.05) is 0 Å². The fraction of sp³-hybridized carbons (Fsp3) is 0.308. The lowest BCUT2D eigenvalue weighted by molar-refractivity contribution is 0.622. The number of rotatable bonds is 2. The van der Waals surface area contributed by atoms with Gasteiger partial charge in [0.1, 0.15) is 5.82 Å². The van der Waals surface area contributed by atoms with Gasteiger partial charge in [0.05, 0.1) is 9.99 Å². The van der Waals surface area contributed by atoms with Gasteiger partial charge in [0, 0.05) is 23.7 Å². The van der Waals surface area contributed by atoms with Gasteiger partial charge in [-0.05, 0) is 41.4 Å². The first-order valence-corrected chi connectivity index (χ1v) is 6.39. The molecule has 0 aliphatic carbocycles. The molecule has 0 radical (unpaired) electrons. The fourth-order valence-corrected chi connectivity index (χ4v) is 2.42. The number of aromatic nitrogens is 1. The molecular formula is C13H13BrFNO. The first-order valence-electron chi connectivity index (χ1n) is 5.60. The van der Waals surface area contributed by atoms with E-state index in [0.717, 1.165) is 24.2 Å². The van der Waals surface area contributed by atoms with Crippen molar-refractivity contribution in [3.05, 3.63) is 44.4 Å². The van der Waals surface area contributed by atoms with Crippen molar-refractivity contribution in [1.82, 2.24) is 4.57 Å². The first-order chi connectivity index (χ1) is 8.08. The number of pyridine rings is 1. The summed E-state index contributed by atoms with van der Waals surface area (Å²) in [6.07, 6.45) is 0.786. The largest absolute Gasteiger partial charge is 0.345 e. The van der Waals surface area contributed by atoms with Gasteiger partial charge < -0.3 is 4.57 Å². The molecule has 0 bridgehead atoms. The van der Waals surface area contributed by atoms with Crippen molar-refractivity contribution in [3.63, 3.8) is 0 Å². The van der Waals surface area contributed by atoms with E-state index in [9.17, 15) is 9.18 Å². The highest BCUT2D eigenvalue weighted by atomic mass is 79.9. The first kappa shape index (κ1) is 12.3. The van der Waals surface area contributed by atoms with Crippen LogP contribution in [-0.2, 0) is 13.0 Å². The summed E-state index contributed by atoms with van der Waals surface area (Å²) in [5.41, 5.74) is 1.64. The number of hydrogen-bond acceptors (Lipinski definition) is 1. The summed E-state index contributed by atoms with van der Waals surface area (Å²) in [6.45, 7) is 4.78. The minimum Gasteiger partial charge on any atom is -0.345 e. The summed E-state index contributed by atoms with van der Waals surface area (Å²) < 4.78 is 15.9. The molecule has 0 unspecified atom stereocenters. The third kappa shape index (κ3) is 2.02. The lowest BCUT2D eigenvalue weighted by Gasteiger charge is -2.14. The summed E-state index contributed by atoms with van der Waals surface area (Å²) in [4.78, 5) is 11.9. The van der Waals surface area contributed by atoms with Gasteiger partial charge >= 0.3 is 0 Å². The lowest BCUT2D eigenvalue weighted by Crippen LogP contribution is -2.13. The maximum atomic E-state index is 13.5.